The third-order valence-corrected chi connectivity index (χ3v) is 1.47. The molecule has 1 aromatic rings. The number of nitriles is 1. The number of nitrogens with zero attached hydrogens (tertiary/aromatic N) is 1. The minimum atomic E-state index is -1.60. The standard InChI is InChI=1S/C8H4F3N/c1-4-2-6(9)8(11)7(10)5(4)3-12/h2H,1H3. The first-order valence-corrected chi connectivity index (χ1v) is 3.12. The molecule has 1 aromatic carbocycles. The van der Waals surface area contributed by atoms with Crippen LogP contribution in [0.3, 0.4) is 0 Å². The van der Waals surface area contributed by atoms with Crippen molar-refractivity contribution in [1.29, 1.82) is 5.26 Å². The van der Waals surface area contributed by atoms with Gasteiger partial charge in [0, 0.05) is 0 Å². The Balaban J connectivity index is 3.54. The Hall–Kier alpha value is -1.50. The average Bonchev–Trinajstić information content (AvgIpc) is 2.01. The topological polar surface area (TPSA) is 23.8 Å². The van der Waals surface area contributed by atoms with Crippen LogP contribution in [0.5, 0.6) is 0 Å². The fourth-order valence-corrected chi connectivity index (χ4v) is 0.851. The van der Waals surface area contributed by atoms with E-state index in [9.17, 15) is 13.2 Å². The van der Waals surface area contributed by atoms with Crippen molar-refractivity contribution in [3.05, 3.63) is 34.6 Å². The molecule has 12 heavy (non-hydrogen) atoms. The highest BCUT2D eigenvalue weighted by Crippen LogP contribution is 2.18. The van der Waals surface area contributed by atoms with Crippen LogP contribution in [0.2, 0.25) is 0 Å². The van der Waals surface area contributed by atoms with Gasteiger partial charge in [0.15, 0.2) is 17.5 Å². The van der Waals surface area contributed by atoms with Crippen molar-refractivity contribution in [3.63, 3.8) is 0 Å². The van der Waals surface area contributed by atoms with Gasteiger partial charge in [-0.3, -0.25) is 0 Å². The summed E-state index contributed by atoms with van der Waals surface area (Å²) in [7, 11) is 0. The van der Waals surface area contributed by atoms with Crippen LogP contribution in [-0.2, 0) is 0 Å². The van der Waals surface area contributed by atoms with E-state index in [2.05, 4.69) is 0 Å². The first-order chi connectivity index (χ1) is 5.57. The Morgan fingerprint density at radius 2 is 1.83 bits per heavy atom. The molecule has 0 spiro atoms. The van der Waals surface area contributed by atoms with E-state index in [-0.39, 0.29) is 5.56 Å². The summed E-state index contributed by atoms with van der Waals surface area (Å²) in [6.45, 7) is 1.34. The zero-order valence-corrected chi connectivity index (χ0v) is 6.16. The van der Waals surface area contributed by atoms with E-state index in [4.69, 9.17) is 5.26 Å². The van der Waals surface area contributed by atoms with Crippen molar-refractivity contribution in [1.82, 2.24) is 0 Å². The maximum absolute atomic E-state index is 12.7. The normalized spacial score (nSPS) is 9.58. The monoisotopic (exact) mass is 171 g/mol. The molecular weight excluding hydrogens is 167 g/mol. The van der Waals surface area contributed by atoms with Crippen molar-refractivity contribution in [2.45, 2.75) is 6.92 Å². The van der Waals surface area contributed by atoms with Gasteiger partial charge in [-0.1, -0.05) is 0 Å². The van der Waals surface area contributed by atoms with Gasteiger partial charge in [-0.2, -0.15) is 5.26 Å². The molecule has 0 bridgehead atoms. The maximum atomic E-state index is 12.7. The minimum absolute atomic E-state index is 0.0916. The summed E-state index contributed by atoms with van der Waals surface area (Å²) in [5.41, 5.74) is -0.359. The molecule has 0 aliphatic heterocycles. The van der Waals surface area contributed by atoms with Gasteiger partial charge in [-0.05, 0) is 18.6 Å². The lowest BCUT2D eigenvalue weighted by atomic mass is 10.1. The molecule has 0 N–H and O–H groups in total. The minimum Gasteiger partial charge on any atom is -0.204 e. The van der Waals surface area contributed by atoms with Crippen LogP contribution in [0.15, 0.2) is 6.07 Å². The van der Waals surface area contributed by atoms with E-state index in [1.54, 1.807) is 0 Å². The van der Waals surface area contributed by atoms with Crippen molar-refractivity contribution in [2.24, 2.45) is 0 Å². The summed E-state index contributed by atoms with van der Waals surface area (Å²) in [6, 6.07) is 2.24. The summed E-state index contributed by atoms with van der Waals surface area (Å²) in [4.78, 5) is 0. The number of aryl methyl sites for hydroxylation is 1. The number of benzene rings is 1. The molecule has 0 atom stereocenters. The van der Waals surface area contributed by atoms with Gasteiger partial charge in [-0.25, -0.2) is 13.2 Å². The van der Waals surface area contributed by atoms with Gasteiger partial charge in [-0.15, -0.1) is 0 Å². The quantitative estimate of drug-likeness (QED) is 0.549. The molecule has 1 nitrogen and oxygen atoms in total. The van der Waals surface area contributed by atoms with Gasteiger partial charge in [0.05, 0.1) is 5.56 Å². The number of hydrogen-bond donors (Lipinski definition) is 0. The molecule has 0 heterocycles. The lowest BCUT2D eigenvalue weighted by molar-refractivity contribution is 0.444. The lowest BCUT2D eigenvalue weighted by Crippen LogP contribution is -1.97. The Kier molecular flexibility index (Phi) is 2.05. The van der Waals surface area contributed by atoms with E-state index in [1.807, 2.05) is 0 Å². The summed E-state index contributed by atoms with van der Waals surface area (Å²) in [5, 5.41) is 8.34. The zero-order chi connectivity index (χ0) is 9.30. The van der Waals surface area contributed by atoms with Crippen LogP contribution in [0.25, 0.3) is 0 Å². The van der Waals surface area contributed by atoms with Crippen molar-refractivity contribution >= 4 is 0 Å². The molecule has 0 aliphatic rings. The molecule has 0 aliphatic carbocycles. The second-order valence-electron chi connectivity index (χ2n) is 2.29. The lowest BCUT2D eigenvalue weighted by Gasteiger charge is -2.00. The molecule has 0 fully saturated rings. The summed E-state index contributed by atoms with van der Waals surface area (Å²) in [6.07, 6.45) is 0. The number of hydrogen-bond acceptors (Lipinski definition) is 1. The van der Waals surface area contributed by atoms with Crippen molar-refractivity contribution in [3.8, 4) is 6.07 Å². The second kappa shape index (κ2) is 2.86. The number of rotatable bonds is 0. The van der Waals surface area contributed by atoms with Crippen LogP contribution in [0, 0.1) is 35.7 Å². The van der Waals surface area contributed by atoms with Gasteiger partial charge in [0.2, 0.25) is 0 Å². The summed E-state index contributed by atoms with van der Waals surface area (Å²) < 4.78 is 37.6. The highest BCUT2D eigenvalue weighted by molar-refractivity contribution is 5.38. The molecule has 0 aromatic heterocycles. The molecule has 0 saturated heterocycles. The molecule has 0 radical (unpaired) electrons. The molecular formula is C8H4F3N. The first kappa shape index (κ1) is 8.60. The van der Waals surface area contributed by atoms with Crippen LogP contribution in [0.1, 0.15) is 11.1 Å². The predicted octanol–water partition coefficient (Wildman–Crippen LogP) is 2.28. The highest BCUT2D eigenvalue weighted by Gasteiger charge is 2.15. The van der Waals surface area contributed by atoms with Gasteiger partial charge in [0.25, 0.3) is 0 Å². The molecule has 0 unspecified atom stereocenters. The Bertz CT molecular complexity index is 366. The second-order valence-corrected chi connectivity index (χ2v) is 2.29. The maximum Gasteiger partial charge on any atom is 0.195 e. The third-order valence-electron chi connectivity index (χ3n) is 1.47. The molecule has 1 rings (SSSR count). The van der Waals surface area contributed by atoms with E-state index < -0.39 is 23.0 Å². The van der Waals surface area contributed by atoms with E-state index in [1.165, 1.54) is 13.0 Å². The van der Waals surface area contributed by atoms with Gasteiger partial charge < -0.3 is 0 Å². The van der Waals surface area contributed by atoms with Crippen LogP contribution in [-0.4, -0.2) is 0 Å². The zero-order valence-electron chi connectivity index (χ0n) is 6.16. The summed E-state index contributed by atoms with van der Waals surface area (Å²) in [5.74, 6) is -4.30. The Morgan fingerprint density at radius 3 is 2.33 bits per heavy atom. The average molecular weight is 171 g/mol. The predicted molar refractivity (Wildman–Crippen MR) is 35.8 cm³/mol. The molecule has 0 amide bonds. The first-order valence-electron chi connectivity index (χ1n) is 3.12. The fourth-order valence-electron chi connectivity index (χ4n) is 0.851. The summed E-state index contributed by atoms with van der Waals surface area (Å²) >= 11 is 0. The molecule has 62 valence electrons. The van der Waals surface area contributed by atoms with E-state index >= 15 is 0 Å². The van der Waals surface area contributed by atoms with Crippen LogP contribution >= 0.6 is 0 Å². The van der Waals surface area contributed by atoms with E-state index in [0.29, 0.717) is 0 Å². The molecule has 4 heteroatoms. The largest absolute Gasteiger partial charge is 0.204 e. The molecule has 0 saturated carbocycles. The third kappa shape index (κ3) is 1.14. The highest BCUT2D eigenvalue weighted by atomic mass is 19.2. The fraction of sp³-hybridized carbons (Fsp3) is 0.125. The Morgan fingerprint density at radius 1 is 1.25 bits per heavy atom. The van der Waals surface area contributed by atoms with Crippen LogP contribution in [0.4, 0.5) is 13.2 Å². The van der Waals surface area contributed by atoms with Crippen molar-refractivity contribution in [2.75, 3.05) is 0 Å². The Labute approximate surface area is 67.1 Å². The smallest absolute Gasteiger partial charge is 0.195 e. The van der Waals surface area contributed by atoms with Gasteiger partial charge >= 0.3 is 0 Å². The van der Waals surface area contributed by atoms with E-state index in [0.717, 1.165) is 6.07 Å². The van der Waals surface area contributed by atoms with Crippen LogP contribution < -0.4 is 0 Å². The van der Waals surface area contributed by atoms with Gasteiger partial charge in [0.1, 0.15) is 6.07 Å². The number of halogens is 3. The van der Waals surface area contributed by atoms with Crippen molar-refractivity contribution < 1.29 is 13.2 Å². The SMILES string of the molecule is Cc1cc(F)c(F)c(F)c1C#N.